The number of hydrogen-bond acceptors (Lipinski definition) is 7. The molecular weight excluding hydrogens is 380 g/mol. The highest BCUT2D eigenvalue weighted by molar-refractivity contribution is 7.15. The van der Waals surface area contributed by atoms with Crippen LogP contribution in [0.4, 0.5) is 15.6 Å². The van der Waals surface area contributed by atoms with Crippen molar-refractivity contribution in [2.24, 2.45) is 5.10 Å². The first-order valence-electron chi connectivity index (χ1n) is 8.15. The second kappa shape index (κ2) is 9.24. The highest BCUT2D eigenvalue weighted by Crippen LogP contribution is 2.16. The van der Waals surface area contributed by atoms with E-state index in [-0.39, 0.29) is 23.2 Å². The van der Waals surface area contributed by atoms with Crippen LogP contribution in [-0.2, 0) is 11.2 Å². The van der Waals surface area contributed by atoms with Crippen molar-refractivity contribution < 1.29 is 14.7 Å². The van der Waals surface area contributed by atoms with E-state index in [0.717, 1.165) is 16.9 Å². The zero-order chi connectivity index (χ0) is 19.8. The summed E-state index contributed by atoms with van der Waals surface area (Å²) in [6, 6.07) is 14.9. The zero-order valence-corrected chi connectivity index (χ0v) is 15.3. The largest absolute Gasteiger partial charge is 0.508 e. The topological polar surface area (TPSA) is 129 Å². The first kappa shape index (κ1) is 19.0. The van der Waals surface area contributed by atoms with Crippen molar-refractivity contribution in [3.8, 4) is 5.75 Å². The Hall–Kier alpha value is -3.79. The van der Waals surface area contributed by atoms with Gasteiger partial charge in [0.2, 0.25) is 11.0 Å². The van der Waals surface area contributed by atoms with E-state index < -0.39 is 6.03 Å². The number of aromatic hydroxyl groups is 1. The van der Waals surface area contributed by atoms with Gasteiger partial charge in [0.05, 0.1) is 12.6 Å². The first-order chi connectivity index (χ1) is 13.6. The number of para-hydroxylation sites is 1. The van der Waals surface area contributed by atoms with Gasteiger partial charge in [-0.05, 0) is 42.0 Å². The van der Waals surface area contributed by atoms with E-state index in [9.17, 15) is 14.7 Å². The number of amides is 3. The standard InChI is InChI=1S/C18H16N6O3S/c25-14-8-6-12(7-9-14)11-19-22-15(26)10-16-23-24-18(28-16)21-17(27)20-13-4-2-1-3-5-13/h1-9,11,25H,10H2,(H,22,26)(H2,20,21,24,27)/b19-11-. The summed E-state index contributed by atoms with van der Waals surface area (Å²) in [7, 11) is 0. The summed E-state index contributed by atoms with van der Waals surface area (Å²) in [6.45, 7) is 0. The van der Waals surface area contributed by atoms with Crippen molar-refractivity contribution in [2.45, 2.75) is 6.42 Å². The van der Waals surface area contributed by atoms with Crippen molar-refractivity contribution in [3.63, 3.8) is 0 Å². The van der Waals surface area contributed by atoms with Crippen LogP contribution in [0.1, 0.15) is 10.6 Å². The molecular formula is C18H16N6O3S. The number of anilines is 2. The number of nitrogens with one attached hydrogen (secondary N) is 3. The predicted octanol–water partition coefficient (Wildman–Crippen LogP) is 2.58. The van der Waals surface area contributed by atoms with Crippen LogP contribution in [0, 0.1) is 0 Å². The van der Waals surface area contributed by atoms with Gasteiger partial charge in [0.1, 0.15) is 10.8 Å². The van der Waals surface area contributed by atoms with Crippen molar-refractivity contribution in [1.29, 1.82) is 0 Å². The lowest BCUT2D eigenvalue weighted by Gasteiger charge is -2.03. The van der Waals surface area contributed by atoms with E-state index in [1.54, 1.807) is 36.4 Å². The van der Waals surface area contributed by atoms with Crippen molar-refractivity contribution in [1.82, 2.24) is 15.6 Å². The van der Waals surface area contributed by atoms with Gasteiger partial charge in [-0.15, -0.1) is 10.2 Å². The molecule has 4 N–H and O–H groups in total. The Kier molecular flexibility index (Phi) is 6.26. The highest BCUT2D eigenvalue weighted by Gasteiger charge is 2.11. The zero-order valence-electron chi connectivity index (χ0n) is 14.5. The summed E-state index contributed by atoms with van der Waals surface area (Å²) >= 11 is 1.10. The molecule has 142 valence electrons. The number of rotatable bonds is 6. The van der Waals surface area contributed by atoms with Gasteiger partial charge < -0.3 is 10.4 Å². The molecule has 2 aromatic carbocycles. The summed E-state index contributed by atoms with van der Waals surface area (Å²) in [4.78, 5) is 23.8. The fourth-order valence-electron chi connectivity index (χ4n) is 2.07. The van der Waals surface area contributed by atoms with Crippen LogP contribution in [-0.4, -0.2) is 33.5 Å². The SMILES string of the molecule is O=C(Cc1nnc(NC(=O)Nc2ccccc2)s1)N/N=C\c1ccc(O)cc1. The Balaban J connectivity index is 1.46. The predicted molar refractivity (Wildman–Crippen MR) is 107 cm³/mol. The Morgan fingerprint density at radius 2 is 1.79 bits per heavy atom. The van der Waals surface area contributed by atoms with Crippen LogP contribution in [0.2, 0.25) is 0 Å². The number of aromatic nitrogens is 2. The average molecular weight is 396 g/mol. The summed E-state index contributed by atoms with van der Waals surface area (Å²) in [6.07, 6.45) is 1.44. The van der Waals surface area contributed by atoms with Gasteiger partial charge >= 0.3 is 6.03 Å². The first-order valence-corrected chi connectivity index (χ1v) is 8.96. The minimum Gasteiger partial charge on any atom is -0.508 e. The van der Waals surface area contributed by atoms with Crippen LogP contribution in [0.5, 0.6) is 5.75 Å². The van der Waals surface area contributed by atoms with Gasteiger partial charge in [-0.2, -0.15) is 5.10 Å². The Bertz CT molecular complexity index is 973. The highest BCUT2D eigenvalue weighted by atomic mass is 32.1. The Morgan fingerprint density at radius 1 is 1.04 bits per heavy atom. The number of carbonyl (C=O) groups is 2. The Labute approximate surface area is 164 Å². The maximum Gasteiger partial charge on any atom is 0.325 e. The molecule has 3 rings (SSSR count). The third kappa shape index (κ3) is 5.88. The molecule has 1 heterocycles. The average Bonchev–Trinajstić information content (AvgIpc) is 3.10. The second-order valence-corrected chi connectivity index (χ2v) is 6.57. The second-order valence-electron chi connectivity index (χ2n) is 5.51. The number of phenols is 1. The van der Waals surface area contributed by atoms with Gasteiger partial charge in [0, 0.05) is 5.69 Å². The molecule has 28 heavy (non-hydrogen) atoms. The number of hydrogen-bond donors (Lipinski definition) is 4. The summed E-state index contributed by atoms with van der Waals surface area (Å²) in [5.74, 6) is -0.217. The summed E-state index contributed by atoms with van der Waals surface area (Å²) in [5.41, 5.74) is 3.76. The summed E-state index contributed by atoms with van der Waals surface area (Å²) < 4.78 is 0. The minimum atomic E-state index is -0.447. The normalized spacial score (nSPS) is 10.6. The molecule has 0 unspecified atom stereocenters. The third-order valence-corrected chi connectivity index (χ3v) is 4.17. The third-order valence-electron chi connectivity index (χ3n) is 3.33. The number of hydrazone groups is 1. The number of carbonyl (C=O) groups excluding carboxylic acids is 2. The van der Waals surface area contributed by atoms with Crippen LogP contribution < -0.4 is 16.1 Å². The molecule has 0 saturated carbocycles. The minimum absolute atomic E-state index is 0.0213. The molecule has 0 aliphatic rings. The quantitative estimate of drug-likeness (QED) is 0.376. The number of urea groups is 1. The van der Waals surface area contributed by atoms with E-state index in [0.29, 0.717) is 10.7 Å². The number of nitrogens with zero attached hydrogens (tertiary/aromatic N) is 3. The maximum atomic E-state index is 11.9. The molecule has 0 saturated heterocycles. The van der Waals surface area contributed by atoms with Gasteiger partial charge in [0.15, 0.2) is 0 Å². The molecule has 9 nitrogen and oxygen atoms in total. The lowest BCUT2D eigenvalue weighted by atomic mass is 10.2. The molecule has 0 fully saturated rings. The van der Waals surface area contributed by atoms with Gasteiger partial charge in [-0.25, -0.2) is 10.2 Å². The van der Waals surface area contributed by atoms with E-state index in [2.05, 4.69) is 31.4 Å². The molecule has 0 aliphatic carbocycles. The van der Waals surface area contributed by atoms with Crippen LogP contribution in [0.3, 0.4) is 0 Å². The number of benzene rings is 2. The molecule has 0 atom stereocenters. The van der Waals surface area contributed by atoms with Crippen LogP contribution >= 0.6 is 11.3 Å². The molecule has 0 radical (unpaired) electrons. The van der Waals surface area contributed by atoms with E-state index in [4.69, 9.17) is 0 Å². The van der Waals surface area contributed by atoms with E-state index in [1.165, 1.54) is 18.3 Å². The molecule has 1 aromatic heterocycles. The van der Waals surface area contributed by atoms with Crippen molar-refractivity contribution in [2.75, 3.05) is 10.6 Å². The van der Waals surface area contributed by atoms with E-state index >= 15 is 0 Å². The van der Waals surface area contributed by atoms with Gasteiger partial charge in [-0.1, -0.05) is 29.5 Å². The fraction of sp³-hybridized carbons (Fsp3) is 0.0556. The lowest BCUT2D eigenvalue weighted by Crippen LogP contribution is -2.19. The fourth-order valence-corrected chi connectivity index (χ4v) is 2.81. The maximum absolute atomic E-state index is 11.9. The van der Waals surface area contributed by atoms with Crippen LogP contribution in [0.25, 0.3) is 0 Å². The lowest BCUT2D eigenvalue weighted by molar-refractivity contribution is -0.120. The molecule has 0 aliphatic heterocycles. The molecule has 0 bridgehead atoms. The summed E-state index contributed by atoms with van der Waals surface area (Å²) in [5, 5.41) is 26.7. The van der Waals surface area contributed by atoms with E-state index in [1.807, 2.05) is 6.07 Å². The van der Waals surface area contributed by atoms with Crippen LogP contribution in [0.15, 0.2) is 59.7 Å². The monoisotopic (exact) mass is 396 g/mol. The molecule has 3 amide bonds. The van der Waals surface area contributed by atoms with Gasteiger partial charge in [-0.3, -0.25) is 10.1 Å². The Morgan fingerprint density at radius 3 is 2.54 bits per heavy atom. The molecule has 3 aromatic rings. The van der Waals surface area contributed by atoms with Crippen molar-refractivity contribution in [3.05, 3.63) is 65.2 Å². The van der Waals surface area contributed by atoms with Crippen molar-refractivity contribution >= 4 is 40.3 Å². The van der Waals surface area contributed by atoms with Gasteiger partial charge in [0.25, 0.3) is 0 Å². The number of phenolic OH excluding ortho intramolecular Hbond substituents is 1. The molecule has 10 heteroatoms. The smallest absolute Gasteiger partial charge is 0.325 e. The molecule has 0 spiro atoms.